The maximum absolute atomic E-state index is 14.0. The summed E-state index contributed by atoms with van der Waals surface area (Å²) in [5.74, 6) is -0.243. The number of nitrogens with zero attached hydrogens (tertiary/aromatic N) is 4. The van der Waals surface area contributed by atoms with Gasteiger partial charge in [-0.1, -0.05) is 59.8 Å². The van der Waals surface area contributed by atoms with Crippen molar-refractivity contribution in [2.75, 3.05) is 17.0 Å². The standard InChI is InChI=1S/C28H22N4O2S2/c1-17-13-15-19(16-14-17)31-26(34)24(28-30(3)21-11-7-8-12-22(21)35-28)36-27(31)23-18(2)29-32(25(23)33)20-9-5-4-6-10-20/h4-16H,1-3H3. The molecule has 6 nitrogen and oxygen atoms in total. The molecule has 0 bridgehead atoms. The van der Waals surface area contributed by atoms with Crippen LogP contribution in [-0.2, 0) is 4.79 Å². The van der Waals surface area contributed by atoms with Crippen molar-refractivity contribution in [1.82, 2.24) is 4.57 Å². The zero-order chi connectivity index (χ0) is 25.0. The van der Waals surface area contributed by atoms with Gasteiger partial charge in [-0.2, -0.15) is 10.1 Å². The molecule has 0 saturated heterocycles. The molecule has 3 heterocycles. The average molecular weight is 511 g/mol. The zero-order valence-corrected chi connectivity index (χ0v) is 21.6. The molecule has 1 aromatic heterocycles. The lowest BCUT2D eigenvalue weighted by Gasteiger charge is -2.11. The van der Waals surface area contributed by atoms with E-state index in [2.05, 4.69) is 16.1 Å². The first-order valence-electron chi connectivity index (χ1n) is 11.5. The molecule has 4 aromatic rings. The Bertz CT molecular complexity index is 1730. The highest BCUT2D eigenvalue weighted by atomic mass is 32.2. The Kier molecular flexibility index (Phi) is 5.43. The molecular formula is C28H22N4O2S2. The number of aryl methyl sites for hydroxylation is 1. The van der Waals surface area contributed by atoms with Crippen LogP contribution in [0, 0.1) is 6.92 Å². The van der Waals surface area contributed by atoms with E-state index in [1.165, 1.54) is 16.3 Å². The molecule has 8 heteroatoms. The first kappa shape index (κ1) is 22.6. The van der Waals surface area contributed by atoms with Gasteiger partial charge in [0.05, 0.1) is 28.3 Å². The van der Waals surface area contributed by atoms with E-state index < -0.39 is 0 Å². The van der Waals surface area contributed by atoms with E-state index in [9.17, 15) is 9.59 Å². The van der Waals surface area contributed by atoms with Gasteiger partial charge >= 0.3 is 0 Å². The van der Waals surface area contributed by atoms with Crippen LogP contribution >= 0.6 is 23.1 Å². The molecule has 3 aromatic carbocycles. The number of fused-ring (bicyclic) bond motifs is 1. The minimum Gasteiger partial charge on any atom is -0.337 e. The lowest BCUT2D eigenvalue weighted by molar-refractivity contribution is -0.112. The summed E-state index contributed by atoms with van der Waals surface area (Å²) >= 11 is 2.92. The van der Waals surface area contributed by atoms with E-state index >= 15 is 0 Å². The zero-order valence-electron chi connectivity index (χ0n) is 19.9. The number of carbonyl (C=O) groups is 1. The van der Waals surface area contributed by atoms with Gasteiger partial charge in [0.1, 0.15) is 14.2 Å². The third-order valence-corrected chi connectivity index (χ3v) is 8.77. The van der Waals surface area contributed by atoms with Crippen LogP contribution in [0.3, 0.4) is 0 Å². The van der Waals surface area contributed by atoms with E-state index in [1.807, 2.05) is 93.7 Å². The molecule has 1 amide bonds. The molecule has 0 N–H and O–H groups in total. The van der Waals surface area contributed by atoms with E-state index in [-0.39, 0.29) is 11.5 Å². The Morgan fingerprint density at radius 2 is 1.50 bits per heavy atom. The second-order valence-corrected chi connectivity index (χ2v) is 10.7. The summed E-state index contributed by atoms with van der Waals surface area (Å²) in [7, 11) is 1.97. The molecule has 36 heavy (non-hydrogen) atoms. The fourth-order valence-electron chi connectivity index (χ4n) is 4.40. The van der Waals surface area contributed by atoms with Gasteiger partial charge in [0.25, 0.3) is 11.5 Å². The number of carbonyl (C=O) groups excluding carboxylic acids is 1. The van der Waals surface area contributed by atoms with Crippen LogP contribution in [0.2, 0.25) is 0 Å². The minimum atomic E-state index is -0.243. The maximum Gasteiger partial charge on any atom is 0.283 e. The Balaban J connectivity index is 1.65. The fourth-order valence-corrected chi connectivity index (χ4v) is 6.95. The Morgan fingerprint density at radius 1 is 0.806 bits per heavy atom. The van der Waals surface area contributed by atoms with Gasteiger partial charge in [0, 0.05) is 11.9 Å². The third kappa shape index (κ3) is 3.53. The van der Waals surface area contributed by atoms with Crippen molar-refractivity contribution in [3.8, 4) is 5.69 Å². The average Bonchev–Trinajstić information content (AvgIpc) is 3.50. The first-order valence-corrected chi connectivity index (χ1v) is 13.1. The van der Waals surface area contributed by atoms with E-state index in [0.717, 1.165) is 26.9 Å². The van der Waals surface area contributed by atoms with Gasteiger partial charge < -0.3 is 4.90 Å². The molecule has 0 saturated carbocycles. The Hall–Kier alpha value is -3.88. The van der Waals surface area contributed by atoms with Crippen LogP contribution in [-0.4, -0.2) is 23.2 Å². The van der Waals surface area contributed by atoms with Crippen molar-refractivity contribution in [2.24, 2.45) is 5.10 Å². The fraction of sp³-hybridized carbons (Fsp3) is 0.107. The van der Waals surface area contributed by atoms with Crippen LogP contribution in [0.5, 0.6) is 0 Å². The van der Waals surface area contributed by atoms with E-state index in [1.54, 1.807) is 16.3 Å². The van der Waals surface area contributed by atoms with Crippen LogP contribution in [0.15, 0.2) is 93.7 Å². The molecule has 2 aliphatic rings. The van der Waals surface area contributed by atoms with E-state index in [0.29, 0.717) is 26.2 Å². The predicted molar refractivity (Wildman–Crippen MR) is 148 cm³/mol. The third-order valence-electron chi connectivity index (χ3n) is 6.26. The topological polar surface area (TPSA) is 57.9 Å². The minimum absolute atomic E-state index is 0.146. The number of rotatable bonds is 2. The highest BCUT2D eigenvalue weighted by Crippen LogP contribution is 2.45. The molecule has 0 atom stereocenters. The van der Waals surface area contributed by atoms with Crippen LogP contribution < -0.4 is 24.7 Å². The first-order chi connectivity index (χ1) is 17.4. The summed E-state index contributed by atoms with van der Waals surface area (Å²) in [6, 6.07) is 25.2. The normalized spacial score (nSPS) is 18.1. The van der Waals surface area contributed by atoms with Crippen molar-refractivity contribution in [2.45, 2.75) is 18.7 Å². The quantitative estimate of drug-likeness (QED) is 0.408. The predicted octanol–water partition coefficient (Wildman–Crippen LogP) is 4.09. The SMILES string of the molecule is CC1=NN(c2ccccc2)C(=O)C1=c1sc(=C2Sc3ccccc3N2C)c(=O)n1-c1ccc(C)cc1. The van der Waals surface area contributed by atoms with Crippen LogP contribution in [0.4, 0.5) is 11.4 Å². The number of aromatic nitrogens is 1. The second-order valence-electron chi connectivity index (χ2n) is 8.66. The highest BCUT2D eigenvalue weighted by molar-refractivity contribution is 8.08. The van der Waals surface area contributed by atoms with Crippen LogP contribution in [0.1, 0.15) is 12.5 Å². The van der Waals surface area contributed by atoms with Gasteiger partial charge in [-0.05, 0) is 50.2 Å². The van der Waals surface area contributed by atoms with Crippen molar-refractivity contribution < 1.29 is 4.79 Å². The second kappa shape index (κ2) is 8.65. The molecule has 2 aliphatic heterocycles. The summed E-state index contributed by atoms with van der Waals surface area (Å²) in [5.41, 5.74) is 4.44. The monoisotopic (exact) mass is 510 g/mol. The summed E-state index contributed by atoms with van der Waals surface area (Å²) in [6.45, 7) is 3.83. The van der Waals surface area contributed by atoms with Crippen molar-refractivity contribution in [3.63, 3.8) is 0 Å². The number of benzene rings is 3. The number of anilines is 2. The van der Waals surface area contributed by atoms with Gasteiger partial charge in [0.2, 0.25) is 0 Å². The van der Waals surface area contributed by atoms with Crippen molar-refractivity contribution >= 4 is 56.7 Å². The number of hydrazone groups is 1. The van der Waals surface area contributed by atoms with Gasteiger partial charge in [-0.25, -0.2) is 0 Å². The van der Waals surface area contributed by atoms with E-state index in [4.69, 9.17) is 0 Å². The van der Waals surface area contributed by atoms with Crippen LogP contribution in [0.25, 0.3) is 16.3 Å². The maximum atomic E-state index is 14.0. The molecule has 0 radical (unpaired) electrons. The number of hydrogen-bond donors (Lipinski definition) is 0. The number of thiazole rings is 1. The molecule has 6 rings (SSSR count). The summed E-state index contributed by atoms with van der Waals surface area (Å²) < 4.78 is 2.84. The van der Waals surface area contributed by atoms with Gasteiger partial charge in [-0.15, -0.1) is 11.3 Å². The number of hydrogen-bond acceptors (Lipinski definition) is 6. The Labute approximate surface area is 216 Å². The van der Waals surface area contributed by atoms with Gasteiger partial charge in [-0.3, -0.25) is 14.2 Å². The van der Waals surface area contributed by atoms with Crippen molar-refractivity contribution in [3.05, 3.63) is 104 Å². The smallest absolute Gasteiger partial charge is 0.283 e. The summed E-state index contributed by atoms with van der Waals surface area (Å²) in [4.78, 5) is 30.8. The van der Waals surface area contributed by atoms with Gasteiger partial charge in [0.15, 0.2) is 0 Å². The molecule has 0 fully saturated rings. The molecule has 0 spiro atoms. The number of para-hydroxylation sites is 2. The van der Waals surface area contributed by atoms with Crippen molar-refractivity contribution in [1.29, 1.82) is 0 Å². The highest BCUT2D eigenvalue weighted by Gasteiger charge is 2.32. The largest absolute Gasteiger partial charge is 0.337 e. The Morgan fingerprint density at radius 3 is 2.22 bits per heavy atom. The number of thioether (sulfide) groups is 1. The summed E-state index contributed by atoms with van der Waals surface area (Å²) in [6.07, 6.45) is 0. The molecule has 178 valence electrons. The lowest BCUT2D eigenvalue weighted by atomic mass is 10.2. The number of amides is 1. The molecule has 0 aliphatic carbocycles. The molecule has 0 unspecified atom stereocenters. The summed E-state index contributed by atoms with van der Waals surface area (Å²) in [5, 5.41) is 6.83. The lowest BCUT2D eigenvalue weighted by Crippen LogP contribution is -2.34. The molecular weight excluding hydrogens is 488 g/mol.